The van der Waals surface area contributed by atoms with E-state index in [0.717, 1.165) is 4.57 Å². The Morgan fingerprint density at radius 2 is 1.63 bits per heavy atom. The number of benzene rings is 3. The number of allylic oxidation sites excluding steroid dienone is 1. The van der Waals surface area contributed by atoms with Gasteiger partial charge in [0.1, 0.15) is 12.1 Å². The molecule has 0 saturated heterocycles. The summed E-state index contributed by atoms with van der Waals surface area (Å²) in [4.78, 5) is 44.8. The van der Waals surface area contributed by atoms with Gasteiger partial charge < -0.3 is 15.2 Å². The minimum Gasteiger partial charge on any atom is -0.457 e. The van der Waals surface area contributed by atoms with Crippen molar-refractivity contribution in [1.29, 1.82) is 0 Å². The summed E-state index contributed by atoms with van der Waals surface area (Å²) >= 11 is 12.8. The Kier molecular flexibility index (Phi) is 7.11. The van der Waals surface area contributed by atoms with Crippen LogP contribution in [0.25, 0.3) is 28.2 Å². The number of aromatic nitrogens is 4. The number of rotatable bonds is 7. The summed E-state index contributed by atoms with van der Waals surface area (Å²) in [6.07, 6.45) is 1.40. The molecule has 2 aromatic heterocycles. The molecule has 0 spiro atoms. The molecule has 10 nitrogen and oxygen atoms in total. The van der Waals surface area contributed by atoms with Gasteiger partial charge in [-0.3, -0.25) is 23.3 Å². The first-order valence-electron chi connectivity index (χ1n) is 13.2. The lowest BCUT2D eigenvalue weighted by Crippen LogP contribution is -2.41. The summed E-state index contributed by atoms with van der Waals surface area (Å²) in [7, 11) is 0. The van der Waals surface area contributed by atoms with Gasteiger partial charge in [0, 0.05) is 35.7 Å². The molecule has 0 radical (unpaired) electrons. The van der Waals surface area contributed by atoms with Crippen LogP contribution in [0.2, 0.25) is 10.0 Å². The van der Waals surface area contributed by atoms with Crippen molar-refractivity contribution in [3.63, 3.8) is 0 Å². The Hall–Kier alpha value is -4.80. The Labute approximate surface area is 255 Å². The lowest BCUT2D eigenvalue weighted by Gasteiger charge is -2.18. The summed E-state index contributed by atoms with van der Waals surface area (Å²) in [5.41, 5.74) is 6.65. The molecule has 43 heavy (non-hydrogen) atoms. The molecule has 5 aromatic rings. The predicted molar refractivity (Wildman–Crippen MR) is 163 cm³/mol. The maximum Gasteiger partial charge on any atom is 0.333 e. The second kappa shape index (κ2) is 10.8. The Bertz CT molecular complexity index is 2040. The zero-order valence-electron chi connectivity index (χ0n) is 23.1. The van der Waals surface area contributed by atoms with Crippen LogP contribution >= 0.6 is 23.2 Å². The maximum absolute atomic E-state index is 14.3. The van der Waals surface area contributed by atoms with E-state index in [1.165, 1.54) is 10.8 Å². The van der Waals surface area contributed by atoms with Crippen LogP contribution in [0.3, 0.4) is 0 Å². The van der Waals surface area contributed by atoms with E-state index in [4.69, 9.17) is 43.4 Å². The zero-order chi connectivity index (χ0) is 30.5. The number of amides is 1. The average Bonchev–Trinajstić information content (AvgIpc) is 3.54. The number of primary amides is 1. The third-order valence-electron chi connectivity index (χ3n) is 6.97. The Balaban J connectivity index is 1.65. The quantitative estimate of drug-likeness (QED) is 0.271. The van der Waals surface area contributed by atoms with Crippen molar-refractivity contribution in [3.05, 3.63) is 127 Å². The number of halogens is 2. The molecule has 0 atom stereocenters. The van der Waals surface area contributed by atoms with Crippen molar-refractivity contribution in [2.75, 3.05) is 0 Å². The molecule has 2 N–H and O–H groups in total. The first kappa shape index (κ1) is 28.3. The lowest BCUT2D eigenvalue weighted by molar-refractivity contribution is -0.118. The van der Waals surface area contributed by atoms with Gasteiger partial charge in [-0.05, 0) is 54.1 Å². The monoisotopic (exact) mass is 617 g/mol. The van der Waals surface area contributed by atoms with E-state index >= 15 is 0 Å². The summed E-state index contributed by atoms with van der Waals surface area (Å²) in [6.45, 7) is 3.31. The van der Waals surface area contributed by atoms with Crippen molar-refractivity contribution in [2.45, 2.75) is 32.7 Å². The molecule has 12 heteroatoms. The van der Waals surface area contributed by atoms with Crippen molar-refractivity contribution in [2.24, 2.45) is 5.73 Å². The fourth-order valence-electron chi connectivity index (χ4n) is 4.94. The van der Waals surface area contributed by atoms with Gasteiger partial charge in [-0.15, -0.1) is 0 Å². The van der Waals surface area contributed by atoms with Gasteiger partial charge in [0.15, 0.2) is 16.9 Å². The minimum atomic E-state index is -0.938. The standard InChI is InChI=1S/C31H25Cl2N5O5/c1-31(2)42-17-22(43-31)16-37-29(40)25-28(36(30(37)41)15-18-7-9-19(10-8-18)26(34)39)35-27(23-5-3-4-6-24(23)33)38(25)21-13-11-20(32)12-14-21/h3-14,17H,15-16H2,1-2H3,(H2,34,39). The molecule has 0 saturated carbocycles. The van der Waals surface area contributed by atoms with Crippen LogP contribution in [0.5, 0.6) is 0 Å². The number of ether oxygens (including phenoxy) is 2. The molecule has 1 aliphatic heterocycles. The van der Waals surface area contributed by atoms with Crippen LogP contribution in [-0.2, 0) is 22.6 Å². The highest BCUT2D eigenvalue weighted by atomic mass is 35.5. The largest absolute Gasteiger partial charge is 0.457 e. The Morgan fingerprint density at radius 3 is 2.26 bits per heavy atom. The molecular formula is C31H25Cl2N5O5. The van der Waals surface area contributed by atoms with Crippen LogP contribution in [0, 0.1) is 0 Å². The van der Waals surface area contributed by atoms with Crippen LogP contribution in [0.4, 0.5) is 0 Å². The molecule has 0 bridgehead atoms. The zero-order valence-corrected chi connectivity index (χ0v) is 24.6. The molecular weight excluding hydrogens is 593 g/mol. The maximum atomic E-state index is 14.3. The normalized spacial score (nSPS) is 13.9. The Morgan fingerprint density at radius 1 is 0.930 bits per heavy atom. The van der Waals surface area contributed by atoms with E-state index < -0.39 is 22.9 Å². The predicted octanol–water partition coefficient (Wildman–Crippen LogP) is 5.09. The third-order valence-corrected chi connectivity index (χ3v) is 7.55. The number of imidazole rings is 1. The van der Waals surface area contributed by atoms with E-state index in [1.807, 2.05) is 6.07 Å². The number of carbonyl (C=O) groups excluding carboxylic acids is 1. The van der Waals surface area contributed by atoms with E-state index in [0.29, 0.717) is 44.0 Å². The average molecular weight is 618 g/mol. The summed E-state index contributed by atoms with van der Waals surface area (Å²) in [5.74, 6) is -0.840. The van der Waals surface area contributed by atoms with Gasteiger partial charge in [0.25, 0.3) is 5.56 Å². The first-order chi connectivity index (χ1) is 20.5. The van der Waals surface area contributed by atoms with Gasteiger partial charge in [-0.25, -0.2) is 9.78 Å². The van der Waals surface area contributed by atoms with Crippen molar-refractivity contribution < 1.29 is 14.3 Å². The number of hydrogen-bond donors (Lipinski definition) is 1. The van der Waals surface area contributed by atoms with Gasteiger partial charge in [-0.2, -0.15) is 0 Å². The molecule has 0 unspecified atom stereocenters. The second-order valence-corrected chi connectivity index (χ2v) is 11.3. The van der Waals surface area contributed by atoms with Crippen molar-refractivity contribution in [3.8, 4) is 17.1 Å². The SMILES string of the molecule is CC1(C)OC=C(Cn2c(=O)c3c(nc(-c4ccccc4Cl)n3-c3ccc(Cl)cc3)n(Cc3ccc(C(N)=O)cc3)c2=O)O1. The van der Waals surface area contributed by atoms with E-state index in [9.17, 15) is 14.4 Å². The molecule has 3 aromatic carbocycles. The van der Waals surface area contributed by atoms with Crippen LogP contribution in [-0.4, -0.2) is 30.4 Å². The summed E-state index contributed by atoms with van der Waals surface area (Å²) in [5, 5.41) is 0.919. The van der Waals surface area contributed by atoms with Gasteiger partial charge >= 0.3 is 5.69 Å². The minimum absolute atomic E-state index is 0.0378. The summed E-state index contributed by atoms with van der Waals surface area (Å²) in [6, 6.07) is 20.6. The van der Waals surface area contributed by atoms with Crippen LogP contribution in [0.15, 0.2) is 94.4 Å². The molecule has 0 aliphatic carbocycles. The second-order valence-electron chi connectivity index (χ2n) is 10.4. The van der Waals surface area contributed by atoms with Gasteiger partial charge in [-0.1, -0.05) is 47.5 Å². The number of hydrogen-bond acceptors (Lipinski definition) is 6. The number of nitrogens with two attached hydrogens (primary N) is 1. The van der Waals surface area contributed by atoms with Crippen molar-refractivity contribution >= 4 is 40.3 Å². The molecule has 0 fully saturated rings. The van der Waals surface area contributed by atoms with Crippen LogP contribution in [0.1, 0.15) is 29.8 Å². The molecule has 3 heterocycles. The highest BCUT2D eigenvalue weighted by Crippen LogP contribution is 2.32. The van der Waals surface area contributed by atoms with Gasteiger partial charge in [0.2, 0.25) is 11.7 Å². The molecule has 1 aliphatic rings. The summed E-state index contributed by atoms with van der Waals surface area (Å²) < 4.78 is 15.5. The van der Waals surface area contributed by atoms with Gasteiger partial charge in [0.05, 0.1) is 18.1 Å². The molecule has 218 valence electrons. The number of fused-ring (bicyclic) bond motifs is 1. The fourth-order valence-corrected chi connectivity index (χ4v) is 5.29. The molecule has 6 rings (SSSR count). The number of carbonyl (C=O) groups is 1. The first-order valence-corrected chi connectivity index (χ1v) is 14.0. The third kappa shape index (κ3) is 5.31. The lowest BCUT2D eigenvalue weighted by atomic mass is 10.1. The highest BCUT2D eigenvalue weighted by molar-refractivity contribution is 6.33. The fraction of sp³-hybridized carbons (Fsp3) is 0.161. The molecule has 1 amide bonds. The topological polar surface area (TPSA) is 123 Å². The van der Waals surface area contributed by atoms with E-state index in [1.54, 1.807) is 85.1 Å². The van der Waals surface area contributed by atoms with Crippen molar-refractivity contribution in [1.82, 2.24) is 18.7 Å². The highest BCUT2D eigenvalue weighted by Gasteiger charge is 2.30. The smallest absolute Gasteiger partial charge is 0.333 e. The van der Waals surface area contributed by atoms with Crippen LogP contribution < -0.4 is 17.0 Å². The van der Waals surface area contributed by atoms with E-state index in [-0.39, 0.29) is 24.3 Å². The number of nitrogens with zero attached hydrogens (tertiary/aromatic N) is 4. The van der Waals surface area contributed by atoms with E-state index in [2.05, 4.69) is 0 Å².